The number of carbonyl (C=O) groups excluding carboxylic acids is 1. The van der Waals surface area contributed by atoms with Gasteiger partial charge >= 0.3 is 0 Å². The highest BCUT2D eigenvalue weighted by Crippen LogP contribution is 2.41. The standard InChI is InChI=1S/C25H24N4O/c1-25(2,3)27-23-19-14-8-7-13-18(19)22-26-21-16-10-9-15-20(21)24(30)29(22)28(23)17-11-5-4-6-12-17/h4-16,22,26H,1-3H3. The number of amidine groups is 1. The number of amides is 1. The molecule has 0 saturated heterocycles. The molecule has 0 fully saturated rings. The van der Waals surface area contributed by atoms with Crippen molar-refractivity contribution in [3.8, 4) is 0 Å². The Morgan fingerprint density at radius 2 is 1.47 bits per heavy atom. The van der Waals surface area contributed by atoms with Gasteiger partial charge in [0.2, 0.25) is 0 Å². The molecule has 1 N–H and O–H groups in total. The van der Waals surface area contributed by atoms with Crippen molar-refractivity contribution in [2.75, 3.05) is 10.3 Å². The van der Waals surface area contributed by atoms with Gasteiger partial charge in [0.05, 0.1) is 16.8 Å². The van der Waals surface area contributed by atoms with Gasteiger partial charge in [0.15, 0.2) is 5.84 Å². The number of hydrazine groups is 1. The first kappa shape index (κ1) is 18.4. The first-order valence-corrected chi connectivity index (χ1v) is 10.2. The summed E-state index contributed by atoms with van der Waals surface area (Å²) < 4.78 is 0. The van der Waals surface area contributed by atoms with Crippen LogP contribution in [0.5, 0.6) is 0 Å². The molecule has 5 rings (SSSR count). The highest BCUT2D eigenvalue weighted by atomic mass is 16.2. The van der Waals surface area contributed by atoms with Crippen LogP contribution in [0, 0.1) is 0 Å². The first-order chi connectivity index (χ1) is 14.4. The summed E-state index contributed by atoms with van der Waals surface area (Å²) in [6, 6.07) is 25.8. The fraction of sp³-hybridized carbons (Fsp3) is 0.200. The Morgan fingerprint density at radius 3 is 2.20 bits per heavy atom. The van der Waals surface area contributed by atoms with Crippen molar-refractivity contribution in [1.82, 2.24) is 5.01 Å². The molecule has 0 aromatic heterocycles. The van der Waals surface area contributed by atoms with Crippen molar-refractivity contribution in [2.24, 2.45) is 4.99 Å². The van der Waals surface area contributed by atoms with Crippen LogP contribution in [0.25, 0.3) is 0 Å². The third kappa shape index (κ3) is 2.94. The summed E-state index contributed by atoms with van der Waals surface area (Å²) in [5, 5.41) is 7.34. The zero-order valence-corrected chi connectivity index (χ0v) is 17.3. The molecule has 0 spiro atoms. The monoisotopic (exact) mass is 396 g/mol. The Morgan fingerprint density at radius 1 is 0.833 bits per heavy atom. The molecular formula is C25H24N4O. The molecular weight excluding hydrogens is 372 g/mol. The average molecular weight is 396 g/mol. The molecule has 30 heavy (non-hydrogen) atoms. The number of anilines is 2. The van der Waals surface area contributed by atoms with Crippen molar-refractivity contribution in [2.45, 2.75) is 32.5 Å². The summed E-state index contributed by atoms with van der Waals surface area (Å²) >= 11 is 0. The molecule has 150 valence electrons. The molecule has 3 aromatic rings. The number of nitrogens with one attached hydrogen (secondary N) is 1. The highest BCUT2D eigenvalue weighted by molar-refractivity contribution is 6.16. The molecule has 0 aliphatic carbocycles. The van der Waals surface area contributed by atoms with Crippen LogP contribution in [0.15, 0.2) is 83.9 Å². The van der Waals surface area contributed by atoms with E-state index in [1.165, 1.54) is 0 Å². The number of para-hydroxylation sites is 2. The smallest absolute Gasteiger partial charge is 0.277 e. The molecule has 5 heteroatoms. The topological polar surface area (TPSA) is 47.9 Å². The minimum Gasteiger partial charge on any atom is -0.359 e. The Labute approximate surface area is 176 Å². The zero-order valence-electron chi connectivity index (χ0n) is 17.3. The van der Waals surface area contributed by atoms with Crippen LogP contribution in [0.3, 0.4) is 0 Å². The molecule has 5 nitrogen and oxygen atoms in total. The van der Waals surface area contributed by atoms with Gasteiger partial charge in [-0.25, -0.2) is 10.0 Å². The lowest BCUT2D eigenvalue weighted by molar-refractivity contribution is 0.0683. The quantitative estimate of drug-likeness (QED) is 0.612. The molecule has 0 radical (unpaired) electrons. The third-order valence-corrected chi connectivity index (χ3v) is 5.26. The van der Waals surface area contributed by atoms with Gasteiger partial charge in [0.1, 0.15) is 6.17 Å². The molecule has 1 atom stereocenters. The molecule has 2 aliphatic rings. The number of hydrogen-bond donors (Lipinski definition) is 1. The first-order valence-electron chi connectivity index (χ1n) is 10.2. The van der Waals surface area contributed by atoms with Crippen molar-refractivity contribution < 1.29 is 4.79 Å². The summed E-state index contributed by atoms with van der Waals surface area (Å²) in [6.07, 6.45) is -0.317. The molecule has 2 heterocycles. The van der Waals surface area contributed by atoms with E-state index >= 15 is 0 Å². The summed E-state index contributed by atoms with van der Waals surface area (Å²) in [6.45, 7) is 6.22. The largest absolute Gasteiger partial charge is 0.359 e. The maximum atomic E-state index is 13.7. The molecule has 1 unspecified atom stereocenters. The average Bonchev–Trinajstić information content (AvgIpc) is 2.74. The summed E-state index contributed by atoms with van der Waals surface area (Å²) in [4.78, 5) is 18.8. The van der Waals surface area contributed by atoms with E-state index in [9.17, 15) is 4.79 Å². The van der Waals surface area contributed by atoms with Crippen LogP contribution in [0.1, 0.15) is 48.4 Å². The van der Waals surface area contributed by atoms with Crippen molar-refractivity contribution in [3.05, 3.63) is 95.6 Å². The molecule has 2 aliphatic heterocycles. The summed E-state index contributed by atoms with van der Waals surface area (Å²) in [5.74, 6) is 0.726. The van der Waals surface area contributed by atoms with Gasteiger partial charge in [-0.2, -0.15) is 0 Å². The second-order valence-electron chi connectivity index (χ2n) is 8.58. The second-order valence-corrected chi connectivity index (χ2v) is 8.58. The lowest BCUT2D eigenvalue weighted by Gasteiger charge is -2.49. The lowest BCUT2D eigenvalue weighted by atomic mass is 9.96. The van der Waals surface area contributed by atoms with Gasteiger partial charge < -0.3 is 5.32 Å². The fourth-order valence-corrected chi connectivity index (χ4v) is 4.06. The number of nitrogens with zero attached hydrogens (tertiary/aromatic N) is 3. The molecule has 0 saturated carbocycles. The fourth-order valence-electron chi connectivity index (χ4n) is 4.06. The van der Waals surface area contributed by atoms with Crippen LogP contribution in [-0.2, 0) is 0 Å². The van der Waals surface area contributed by atoms with Crippen molar-refractivity contribution in [3.63, 3.8) is 0 Å². The van der Waals surface area contributed by atoms with Gasteiger partial charge in [-0.1, -0.05) is 54.6 Å². The molecule has 0 bridgehead atoms. The minimum atomic E-state index is -0.317. The van der Waals surface area contributed by atoms with Crippen LogP contribution in [0.4, 0.5) is 11.4 Å². The number of hydrogen-bond acceptors (Lipinski definition) is 3. The maximum absolute atomic E-state index is 13.7. The van der Waals surface area contributed by atoms with Crippen LogP contribution in [-0.4, -0.2) is 22.3 Å². The van der Waals surface area contributed by atoms with E-state index in [1.807, 2.05) is 71.7 Å². The summed E-state index contributed by atoms with van der Waals surface area (Å²) in [7, 11) is 0. The second kappa shape index (κ2) is 6.73. The van der Waals surface area contributed by atoms with Gasteiger partial charge in [0.25, 0.3) is 5.91 Å². The number of benzene rings is 3. The number of aliphatic imine (C=N–C) groups is 1. The number of carbonyl (C=O) groups is 1. The van der Waals surface area contributed by atoms with E-state index in [-0.39, 0.29) is 17.6 Å². The highest BCUT2D eigenvalue weighted by Gasteiger charge is 2.44. The zero-order chi connectivity index (χ0) is 20.9. The third-order valence-electron chi connectivity index (χ3n) is 5.26. The van der Waals surface area contributed by atoms with E-state index < -0.39 is 0 Å². The van der Waals surface area contributed by atoms with E-state index in [4.69, 9.17) is 4.99 Å². The Kier molecular flexibility index (Phi) is 4.13. The van der Waals surface area contributed by atoms with E-state index in [1.54, 1.807) is 5.01 Å². The number of rotatable bonds is 1. The van der Waals surface area contributed by atoms with Crippen molar-refractivity contribution in [1.29, 1.82) is 0 Å². The van der Waals surface area contributed by atoms with Crippen LogP contribution >= 0.6 is 0 Å². The number of fused-ring (bicyclic) bond motifs is 4. The maximum Gasteiger partial charge on any atom is 0.277 e. The van der Waals surface area contributed by atoms with E-state index in [0.29, 0.717) is 5.56 Å². The van der Waals surface area contributed by atoms with Crippen LogP contribution < -0.4 is 10.3 Å². The predicted molar refractivity (Wildman–Crippen MR) is 121 cm³/mol. The van der Waals surface area contributed by atoms with Crippen LogP contribution in [0.2, 0.25) is 0 Å². The lowest BCUT2D eigenvalue weighted by Crippen LogP contribution is -2.59. The SMILES string of the molecule is CC(C)(C)N=C1c2ccccc2C2Nc3ccccc3C(=O)N2N1c1ccccc1. The van der Waals surface area contributed by atoms with E-state index in [0.717, 1.165) is 28.3 Å². The van der Waals surface area contributed by atoms with Gasteiger partial charge in [-0.3, -0.25) is 9.79 Å². The minimum absolute atomic E-state index is 0.0469. The molecule has 1 amide bonds. The van der Waals surface area contributed by atoms with Crippen molar-refractivity contribution >= 4 is 23.1 Å². The Bertz CT molecular complexity index is 1150. The van der Waals surface area contributed by atoms with Gasteiger partial charge in [0, 0.05) is 16.8 Å². The summed E-state index contributed by atoms with van der Waals surface area (Å²) in [5.41, 5.74) is 4.15. The van der Waals surface area contributed by atoms with Gasteiger partial charge in [-0.05, 0) is 45.0 Å². The van der Waals surface area contributed by atoms with E-state index in [2.05, 4.69) is 38.2 Å². The molecule has 3 aromatic carbocycles. The Balaban J connectivity index is 1.80. The predicted octanol–water partition coefficient (Wildman–Crippen LogP) is 5.23. The van der Waals surface area contributed by atoms with Gasteiger partial charge in [-0.15, -0.1) is 0 Å². The normalized spacial score (nSPS) is 19.1. The Hall–Kier alpha value is -3.60.